The van der Waals surface area contributed by atoms with Gasteiger partial charge in [0.1, 0.15) is 5.82 Å². The number of nitrogens with one attached hydrogen (secondary N) is 3. The third-order valence-electron chi connectivity index (χ3n) is 7.49. The second kappa shape index (κ2) is 10.5. The molecule has 0 spiro atoms. The summed E-state index contributed by atoms with van der Waals surface area (Å²) < 4.78 is 20.0. The van der Waals surface area contributed by atoms with Gasteiger partial charge in [0.15, 0.2) is 0 Å². The molecule has 0 aliphatic carbocycles. The van der Waals surface area contributed by atoms with Crippen molar-refractivity contribution in [2.75, 3.05) is 59.0 Å². The number of morpholine rings is 1. The van der Waals surface area contributed by atoms with Gasteiger partial charge in [-0.15, -0.1) is 0 Å². The number of rotatable bonds is 3. The molecule has 4 aliphatic heterocycles. The molecular weight excluding hydrogens is 455 g/mol. The molecule has 4 fully saturated rings. The minimum absolute atomic E-state index is 0.000308. The number of halogens is 1. The van der Waals surface area contributed by atoms with Gasteiger partial charge in [0.2, 0.25) is 5.91 Å². The van der Waals surface area contributed by atoms with E-state index in [1.165, 1.54) is 6.07 Å². The number of urea groups is 1. The van der Waals surface area contributed by atoms with Crippen LogP contribution >= 0.6 is 0 Å². The van der Waals surface area contributed by atoms with E-state index in [-0.39, 0.29) is 41.4 Å². The van der Waals surface area contributed by atoms with Crippen LogP contribution in [0.5, 0.6) is 0 Å². The molecule has 1 aromatic carbocycles. The average molecular weight is 489 g/mol. The van der Waals surface area contributed by atoms with Crippen LogP contribution in [0.3, 0.4) is 0 Å². The Morgan fingerprint density at radius 1 is 1.03 bits per heavy atom. The molecule has 3 unspecified atom stereocenters. The maximum atomic E-state index is 14.7. The predicted molar refractivity (Wildman–Crippen MR) is 125 cm³/mol. The molecule has 0 saturated carbocycles. The summed E-state index contributed by atoms with van der Waals surface area (Å²) in [7, 11) is 0. The Balaban J connectivity index is 1.21. The summed E-state index contributed by atoms with van der Waals surface area (Å²) in [6.07, 6.45) is 2.35. The van der Waals surface area contributed by atoms with E-state index in [0.717, 1.165) is 24.9 Å². The minimum Gasteiger partial charge on any atom is -0.378 e. The highest BCUT2D eigenvalue weighted by Crippen LogP contribution is 2.24. The van der Waals surface area contributed by atoms with Crippen LogP contribution in [-0.2, 0) is 16.0 Å². The van der Waals surface area contributed by atoms with Gasteiger partial charge in [-0.25, -0.2) is 14.6 Å². The maximum Gasteiger partial charge on any atom is 0.320 e. The maximum absolute atomic E-state index is 14.7. The highest BCUT2D eigenvalue weighted by atomic mass is 19.1. The number of hydrogen-bond donors (Lipinski definition) is 3. The first-order chi connectivity index (χ1) is 17.0. The molecule has 4 amide bonds. The fraction of sp³-hybridized carbons (Fsp3) is 0.625. The van der Waals surface area contributed by atoms with E-state index in [1.54, 1.807) is 26.8 Å². The molecule has 0 radical (unpaired) electrons. The molecular formula is C24H33FN6O4. The molecule has 4 saturated heterocycles. The largest absolute Gasteiger partial charge is 0.378 e. The van der Waals surface area contributed by atoms with Crippen molar-refractivity contribution < 1.29 is 23.5 Å². The van der Waals surface area contributed by atoms with Crippen molar-refractivity contribution in [2.45, 2.75) is 31.3 Å². The summed E-state index contributed by atoms with van der Waals surface area (Å²) in [5.74, 6) is -1.00. The lowest BCUT2D eigenvalue weighted by Gasteiger charge is -2.41. The summed E-state index contributed by atoms with van der Waals surface area (Å²) in [6, 6.07) is 4.57. The van der Waals surface area contributed by atoms with Gasteiger partial charge in [0.25, 0.3) is 5.91 Å². The third-order valence-corrected chi connectivity index (χ3v) is 7.49. The number of benzene rings is 1. The van der Waals surface area contributed by atoms with Crippen LogP contribution in [-0.4, -0.2) is 104 Å². The second-order valence-corrected chi connectivity index (χ2v) is 9.65. The fourth-order valence-corrected chi connectivity index (χ4v) is 5.50. The molecule has 0 aromatic heterocycles. The van der Waals surface area contributed by atoms with E-state index in [0.29, 0.717) is 58.9 Å². The van der Waals surface area contributed by atoms with Crippen molar-refractivity contribution in [1.29, 1.82) is 0 Å². The SMILES string of the molecule is O=C1NNC(Cc2ccc(F)c(C(=O)N3CCN(C(=O)N4CCOCC4)CC3)c2)C2NCCCC12. The topological polar surface area (TPSA) is 106 Å². The first-order valence-corrected chi connectivity index (χ1v) is 12.5. The molecule has 3 atom stereocenters. The smallest absolute Gasteiger partial charge is 0.320 e. The Morgan fingerprint density at radius 2 is 1.74 bits per heavy atom. The number of piperazine rings is 1. The van der Waals surface area contributed by atoms with E-state index >= 15 is 0 Å². The molecule has 11 heteroatoms. The number of carbonyl (C=O) groups excluding carboxylic acids is 3. The lowest BCUT2D eigenvalue weighted by atomic mass is 9.82. The highest BCUT2D eigenvalue weighted by molar-refractivity contribution is 5.95. The minimum atomic E-state index is -0.552. The van der Waals surface area contributed by atoms with Crippen molar-refractivity contribution >= 4 is 17.8 Å². The van der Waals surface area contributed by atoms with Crippen LogP contribution in [0.15, 0.2) is 18.2 Å². The monoisotopic (exact) mass is 488 g/mol. The summed E-state index contributed by atoms with van der Waals surface area (Å²) in [4.78, 5) is 43.2. The zero-order valence-electron chi connectivity index (χ0n) is 19.8. The molecule has 3 N–H and O–H groups in total. The normalized spacial score (nSPS) is 27.3. The van der Waals surface area contributed by atoms with Gasteiger partial charge in [0.05, 0.1) is 24.7 Å². The summed E-state index contributed by atoms with van der Waals surface area (Å²) in [6.45, 7) is 4.66. The van der Waals surface area contributed by atoms with E-state index in [4.69, 9.17) is 4.74 Å². The van der Waals surface area contributed by atoms with Gasteiger partial charge in [-0.05, 0) is 43.5 Å². The highest BCUT2D eigenvalue weighted by Gasteiger charge is 2.40. The Kier molecular flexibility index (Phi) is 7.17. The Labute approximate surface area is 204 Å². The van der Waals surface area contributed by atoms with Gasteiger partial charge in [-0.3, -0.25) is 15.0 Å². The third kappa shape index (κ3) is 5.12. The number of nitrogens with zero attached hydrogens (tertiary/aromatic N) is 3. The number of amides is 4. The molecule has 35 heavy (non-hydrogen) atoms. The number of hydrogen-bond acceptors (Lipinski definition) is 6. The number of piperidine rings is 1. The molecule has 5 rings (SSSR count). The van der Waals surface area contributed by atoms with E-state index in [9.17, 15) is 18.8 Å². The van der Waals surface area contributed by atoms with Gasteiger partial charge in [-0.2, -0.15) is 0 Å². The van der Waals surface area contributed by atoms with Crippen LogP contribution in [0.25, 0.3) is 0 Å². The standard InChI is InChI=1S/C24H33FN6O4/c25-19-4-3-16(15-20-21-17(2-1-5-26-21)22(32)28-27-20)14-18(19)23(33)29-6-8-30(9-7-29)24(34)31-10-12-35-13-11-31/h3-4,14,17,20-21,26-27H,1-2,5-13,15H2,(H,28,32). The van der Waals surface area contributed by atoms with Crippen LogP contribution in [0.4, 0.5) is 9.18 Å². The molecule has 10 nitrogen and oxygen atoms in total. The molecule has 4 heterocycles. The van der Waals surface area contributed by atoms with Gasteiger partial charge < -0.3 is 24.8 Å². The summed E-state index contributed by atoms with van der Waals surface area (Å²) in [5.41, 5.74) is 6.73. The Bertz CT molecular complexity index is 963. The molecule has 4 aliphatic rings. The average Bonchev–Trinajstić information content (AvgIpc) is 2.91. The van der Waals surface area contributed by atoms with Crippen LogP contribution in [0.1, 0.15) is 28.8 Å². The van der Waals surface area contributed by atoms with Crippen molar-refractivity contribution in [3.63, 3.8) is 0 Å². The van der Waals surface area contributed by atoms with E-state index in [2.05, 4.69) is 16.2 Å². The first-order valence-electron chi connectivity index (χ1n) is 12.5. The zero-order valence-corrected chi connectivity index (χ0v) is 19.8. The Morgan fingerprint density at radius 3 is 2.51 bits per heavy atom. The van der Waals surface area contributed by atoms with Gasteiger partial charge in [-0.1, -0.05) is 6.07 Å². The van der Waals surface area contributed by atoms with Crippen molar-refractivity contribution in [2.24, 2.45) is 5.92 Å². The zero-order chi connectivity index (χ0) is 24.4. The number of ether oxygens (including phenoxy) is 1. The van der Waals surface area contributed by atoms with Crippen molar-refractivity contribution in [3.05, 3.63) is 35.1 Å². The predicted octanol–water partition coefficient (Wildman–Crippen LogP) is -0.0506. The summed E-state index contributed by atoms with van der Waals surface area (Å²) >= 11 is 0. The number of hydrazine groups is 1. The number of carbonyl (C=O) groups is 3. The van der Waals surface area contributed by atoms with Crippen molar-refractivity contribution in [1.82, 2.24) is 30.9 Å². The van der Waals surface area contributed by atoms with E-state index < -0.39 is 5.82 Å². The van der Waals surface area contributed by atoms with E-state index in [1.807, 2.05) is 0 Å². The first kappa shape index (κ1) is 24.0. The van der Waals surface area contributed by atoms with Crippen LogP contribution in [0, 0.1) is 11.7 Å². The van der Waals surface area contributed by atoms with Crippen molar-refractivity contribution in [3.8, 4) is 0 Å². The molecule has 190 valence electrons. The van der Waals surface area contributed by atoms with Gasteiger partial charge in [0, 0.05) is 51.4 Å². The van der Waals surface area contributed by atoms with Crippen LogP contribution < -0.4 is 16.2 Å². The lowest BCUT2D eigenvalue weighted by molar-refractivity contribution is -0.131. The Hall–Kier alpha value is -2.76. The summed E-state index contributed by atoms with van der Waals surface area (Å²) in [5, 5.41) is 3.44. The number of fused-ring (bicyclic) bond motifs is 1. The molecule has 0 bridgehead atoms. The second-order valence-electron chi connectivity index (χ2n) is 9.65. The molecule has 1 aromatic rings. The fourth-order valence-electron chi connectivity index (χ4n) is 5.50. The lowest BCUT2D eigenvalue weighted by Crippen LogP contribution is -2.67. The quantitative estimate of drug-likeness (QED) is 0.551. The van der Waals surface area contributed by atoms with Crippen LogP contribution in [0.2, 0.25) is 0 Å². The van der Waals surface area contributed by atoms with Gasteiger partial charge >= 0.3 is 6.03 Å².